The number of carbonyl (C=O) groups excluding carboxylic acids is 2. The summed E-state index contributed by atoms with van der Waals surface area (Å²) < 4.78 is 9.74. The van der Waals surface area contributed by atoms with Crippen molar-refractivity contribution in [2.45, 2.75) is 6.92 Å². The molecular formula is C23H21NO4. The highest BCUT2D eigenvalue weighted by Gasteiger charge is 2.27. The number of hydrogen-bond donors (Lipinski definition) is 0. The van der Waals surface area contributed by atoms with E-state index in [1.54, 1.807) is 23.3 Å². The molecule has 1 aliphatic heterocycles. The summed E-state index contributed by atoms with van der Waals surface area (Å²) >= 11 is 0. The molecule has 0 spiro atoms. The van der Waals surface area contributed by atoms with Gasteiger partial charge < -0.3 is 14.4 Å². The second kappa shape index (κ2) is 8.39. The Kier molecular flexibility index (Phi) is 5.75. The van der Waals surface area contributed by atoms with Gasteiger partial charge in [-0.05, 0) is 42.3 Å². The van der Waals surface area contributed by atoms with Gasteiger partial charge >= 0.3 is 11.9 Å². The molecule has 0 radical (unpaired) electrons. The Bertz CT molecular complexity index is 967. The average molecular weight is 375 g/mol. The van der Waals surface area contributed by atoms with Crippen LogP contribution in [0.5, 0.6) is 0 Å². The van der Waals surface area contributed by atoms with Crippen molar-refractivity contribution in [1.29, 1.82) is 0 Å². The third-order valence-electron chi connectivity index (χ3n) is 4.42. The summed E-state index contributed by atoms with van der Waals surface area (Å²) in [4.78, 5) is 26.3. The lowest BCUT2D eigenvalue weighted by molar-refractivity contribution is -0.139. The van der Waals surface area contributed by atoms with E-state index in [1.165, 1.54) is 25.9 Å². The van der Waals surface area contributed by atoms with Crippen LogP contribution < -0.4 is 4.90 Å². The smallest absolute Gasteiger partial charge is 0.355 e. The van der Waals surface area contributed by atoms with E-state index in [1.807, 2.05) is 31.2 Å². The number of ether oxygens (including phenoxy) is 2. The lowest BCUT2D eigenvalue weighted by atomic mass is 10.0. The first kappa shape index (κ1) is 19.2. The van der Waals surface area contributed by atoms with Crippen molar-refractivity contribution < 1.29 is 19.1 Å². The average Bonchev–Trinajstić information content (AvgIpc) is 2.96. The van der Waals surface area contributed by atoms with Gasteiger partial charge in [-0.3, -0.25) is 0 Å². The number of methoxy groups -OCH3 is 2. The Morgan fingerprint density at radius 2 is 1.36 bits per heavy atom. The van der Waals surface area contributed by atoms with E-state index in [0.717, 1.165) is 16.8 Å². The van der Waals surface area contributed by atoms with Crippen LogP contribution in [0, 0.1) is 6.92 Å². The molecule has 1 aliphatic rings. The Morgan fingerprint density at radius 3 is 1.93 bits per heavy atom. The monoisotopic (exact) mass is 375 g/mol. The van der Waals surface area contributed by atoms with Gasteiger partial charge in [0, 0.05) is 11.9 Å². The summed E-state index contributed by atoms with van der Waals surface area (Å²) in [5.41, 5.74) is 4.30. The minimum absolute atomic E-state index is 0.0995. The highest BCUT2D eigenvalue weighted by Crippen LogP contribution is 2.29. The fourth-order valence-electron chi connectivity index (χ4n) is 2.93. The van der Waals surface area contributed by atoms with Crippen LogP contribution in [0.1, 0.15) is 5.56 Å². The lowest BCUT2D eigenvalue weighted by Crippen LogP contribution is -2.26. The molecule has 0 aliphatic carbocycles. The predicted octanol–water partition coefficient (Wildman–Crippen LogP) is 4.15. The van der Waals surface area contributed by atoms with Gasteiger partial charge in [0.2, 0.25) is 0 Å². The molecule has 142 valence electrons. The van der Waals surface area contributed by atoms with Crippen molar-refractivity contribution in [3.8, 4) is 11.1 Å². The van der Waals surface area contributed by atoms with Crippen LogP contribution >= 0.6 is 0 Å². The van der Waals surface area contributed by atoms with Crippen molar-refractivity contribution in [2.24, 2.45) is 0 Å². The standard InChI is InChI=1S/C23H21NO4/c1-16-7-9-17(10-8-16)18-11-13-19(14-12-18)24-15-5-4-6-20(22(25)27-2)21(24)23(26)28-3/h4-15H,1-3H3. The molecule has 0 unspecified atom stereocenters. The Balaban J connectivity index is 2.03. The van der Waals surface area contributed by atoms with Gasteiger partial charge in [-0.25, -0.2) is 9.59 Å². The number of aryl methyl sites for hydroxylation is 1. The zero-order chi connectivity index (χ0) is 20.1. The van der Waals surface area contributed by atoms with Gasteiger partial charge in [-0.2, -0.15) is 0 Å². The molecular weight excluding hydrogens is 354 g/mol. The van der Waals surface area contributed by atoms with Crippen molar-refractivity contribution >= 4 is 17.6 Å². The first-order chi connectivity index (χ1) is 13.5. The lowest BCUT2D eigenvalue weighted by Gasteiger charge is -2.23. The maximum Gasteiger partial charge on any atom is 0.355 e. The molecule has 5 heteroatoms. The van der Waals surface area contributed by atoms with Crippen LogP contribution in [-0.2, 0) is 19.1 Å². The van der Waals surface area contributed by atoms with E-state index in [0.29, 0.717) is 0 Å². The third kappa shape index (κ3) is 3.88. The maximum absolute atomic E-state index is 12.5. The molecule has 5 nitrogen and oxygen atoms in total. The van der Waals surface area contributed by atoms with Crippen molar-refractivity contribution in [1.82, 2.24) is 0 Å². The molecule has 0 bridgehead atoms. The number of allylic oxidation sites excluding steroid dienone is 2. The molecule has 0 amide bonds. The largest absolute Gasteiger partial charge is 0.465 e. The zero-order valence-electron chi connectivity index (χ0n) is 16.0. The van der Waals surface area contributed by atoms with Crippen LogP contribution in [0.15, 0.2) is 84.2 Å². The van der Waals surface area contributed by atoms with E-state index in [4.69, 9.17) is 9.47 Å². The number of benzene rings is 2. The van der Waals surface area contributed by atoms with Gasteiger partial charge in [-0.1, -0.05) is 48.0 Å². The minimum atomic E-state index is -0.626. The van der Waals surface area contributed by atoms with Crippen LogP contribution in [0.3, 0.4) is 0 Å². The second-order valence-corrected chi connectivity index (χ2v) is 6.23. The zero-order valence-corrected chi connectivity index (χ0v) is 16.0. The number of hydrogen-bond acceptors (Lipinski definition) is 5. The highest BCUT2D eigenvalue weighted by atomic mass is 16.5. The number of rotatable bonds is 4. The summed E-state index contributed by atoms with van der Waals surface area (Å²) in [5.74, 6) is -1.24. The van der Waals surface area contributed by atoms with Crippen molar-refractivity contribution in [3.63, 3.8) is 0 Å². The van der Waals surface area contributed by atoms with Gasteiger partial charge in [0.15, 0.2) is 0 Å². The quantitative estimate of drug-likeness (QED) is 0.752. The van der Waals surface area contributed by atoms with Gasteiger partial charge in [0.05, 0.1) is 19.8 Å². The van der Waals surface area contributed by atoms with Crippen LogP contribution in [-0.4, -0.2) is 26.2 Å². The molecule has 2 aromatic carbocycles. The van der Waals surface area contributed by atoms with Crippen molar-refractivity contribution in [3.05, 3.63) is 89.8 Å². The maximum atomic E-state index is 12.5. The molecule has 3 rings (SSSR count). The molecule has 28 heavy (non-hydrogen) atoms. The van der Waals surface area contributed by atoms with E-state index in [2.05, 4.69) is 24.3 Å². The van der Waals surface area contributed by atoms with Gasteiger partial charge in [-0.15, -0.1) is 0 Å². The number of carbonyl (C=O) groups is 2. The molecule has 1 heterocycles. The molecule has 2 aromatic rings. The Hall–Kier alpha value is -3.60. The summed E-state index contributed by atoms with van der Waals surface area (Å²) in [6.45, 7) is 2.05. The van der Waals surface area contributed by atoms with E-state index >= 15 is 0 Å². The normalized spacial score (nSPS) is 13.3. The topological polar surface area (TPSA) is 55.8 Å². The molecule has 0 saturated carbocycles. The van der Waals surface area contributed by atoms with Crippen LogP contribution in [0.25, 0.3) is 11.1 Å². The highest BCUT2D eigenvalue weighted by molar-refractivity contribution is 6.05. The van der Waals surface area contributed by atoms with Crippen LogP contribution in [0.4, 0.5) is 5.69 Å². The molecule has 0 fully saturated rings. The predicted molar refractivity (Wildman–Crippen MR) is 108 cm³/mol. The minimum Gasteiger partial charge on any atom is -0.465 e. The second-order valence-electron chi connectivity index (χ2n) is 6.23. The van der Waals surface area contributed by atoms with E-state index in [9.17, 15) is 9.59 Å². The summed E-state index contributed by atoms with van der Waals surface area (Å²) in [7, 11) is 2.55. The molecule has 0 N–H and O–H groups in total. The van der Waals surface area contributed by atoms with Crippen molar-refractivity contribution in [2.75, 3.05) is 19.1 Å². The summed E-state index contributed by atoms with van der Waals surface area (Å²) in [6, 6.07) is 16.0. The number of esters is 2. The first-order valence-electron chi connectivity index (χ1n) is 8.77. The summed E-state index contributed by atoms with van der Waals surface area (Å²) in [6.07, 6.45) is 6.66. The van der Waals surface area contributed by atoms with Gasteiger partial charge in [0.1, 0.15) is 5.70 Å². The summed E-state index contributed by atoms with van der Waals surface area (Å²) in [5, 5.41) is 0. The van der Waals surface area contributed by atoms with E-state index < -0.39 is 11.9 Å². The molecule has 0 saturated heterocycles. The molecule has 0 atom stereocenters. The van der Waals surface area contributed by atoms with Crippen LogP contribution in [0.2, 0.25) is 0 Å². The SMILES string of the molecule is COC(=O)C1=C(C(=O)OC)N(c2ccc(-c3ccc(C)cc3)cc2)C=CC=C1. The first-order valence-corrected chi connectivity index (χ1v) is 8.77. The van der Waals surface area contributed by atoms with Gasteiger partial charge in [0.25, 0.3) is 0 Å². The van der Waals surface area contributed by atoms with E-state index in [-0.39, 0.29) is 11.3 Å². The number of anilines is 1. The molecule has 0 aromatic heterocycles. The Labute approximate surface area is 164 Å². The fraction of sp³-hybridized carbons (Fsp3) is 0.130. The fourth-order valence-corrected chi connectivity index (χ4v) is 2.93. The Morgan fingerprint density at radius 1 is 0.786 bits per heavy atom. The number of nitrogens with zero attached hydrogens (tertiary/aromatic N) is 1. The third-order valence-corrected chi connectivity index (χ3v) is 4.42.